The average molecular weight is 400 g/mol. The van der Waals surface area contributed by atoms with Gasteiger partial charge in [0.1, 0.15) is 0 Å². The van der Waals surface area contributed by atoms with Gasteiger partial charge in [-0.3, -0.25) is 14.4 Å². The molecule has 9 heteroatoms. The fraction of sp³-hybridized carbons (Fsp3) is 0.389. The SMILES string of the molecule is C=CC1C(C(=O)Nc2cc(F)c(F)c(Cl)c2)CCN1C(=O)C(=O)NC(C)C. The Bertz CT molecular complexity index is 762. The lowest BCUT2D eigenvalue weighted by atomic mass is 9.99. The van der Waals surface area contributed by atoms with E-state index in [1.807, 2.05) is 0 Å². The van der Waals surface area contributed by atoms with E-state index in [1.54, 1.807) is 13.8 Å². The number of amides is 3. The van der Waals surface area contributed by atoms with Crippen molar-refractivity contribution in [2.45, 2.75) is 32.4 Å². The fourth-order valence-electron chi connectivity index (χ4n) is 2.95. The summed E-state index contributed by atoms with van der Waals surface area (Å²) in [4.78, 5) is 38.1. The van der Waals surface area contributed by atoms with Crippen molar-refractivity contribution in [1.82, 2.24) is 10.2 Å². The first kappa shape index (κ1) is 20.8. The zero-order valence-electron chi connectivity index (χ0n) is 14.9. The predicted octanol–water partition coefficient (Wildman–Crippen LogP) is 2.48. The number of rotatable bonds is 4. The Morgan fingerprint density at radius 3 is 2.56 bits per heavy atom. The molecule has 1 saturated heterocycles. The molecule has 1 aliphatic rings. The van der Waals surface area contributed by atoms with Crippen molar-refractivity contribution in [1.29, 1.82) is 0 Å². The summed E-state index contributed by atoms with van der Waals surface area (Å²) < 4.78 is 26.7. The number of hydrogen-bond acceptors (Lipinski definition) is 3. The summed E-state index contributed by atoms with van der Waals surface area (Å²) in [5, 5.41) is 4.51. The number of carbonyl (C=O) groups excluding carboxylic acids is 3. The lowest BCUT2D eigenvalue weighted by molar-refractivity contribution is -0.146. The van der Waals surface area contributed by atoms with E-state index in [-0.39, 0.29) is 18.3 Å². The van der Waals surface area contributed by atoms with Crippen LogP contribution in [0.15, 0.2) is 24.8 Å². The third-order valence-electron chi connectivity index (χ3n) is 4.16. The summed E-state index contributed by atoms with van der Waals surface area (Å²) in [7, 11) is 0. The van der Waals surface area contributed by atoms with Gasteiger partial charge in [0.05, 0.1) is 17.0 Å². The number of hydrogen-bond donors (Lipinski definition) is 2. The Morgan fingerprint density at radius 2 is 2.00 bits per heavy atom. The van der Waals surface area contributed by atoms with Gasteiger partial charge in [-0.15, -0.1) is 6.58 Å². The Balaban J connectivity index is 2.12. The first-order valence-electron chi connectivity index (χ1n) is 8.35. The molecule has 0 aromatic heterocycles. The minimum atomic E-state index is -1.20. The quantitative estimate of drug-likeness (QED) is 0.464. The van der Waals surface area contributed by atoms with Crippen LogP contribution < -0.4 is 10.6 Å². The van der Waals surface area contributed by atoms with Gasteiger partial charge < -0.3 is 15.5 Å². The van der Waals surface area contributed by atoms with E-state index < -0.39 is 46.3 Å². The highest BCUT2D eigenvalue weighted by molar-refractivity contribution is 6.35. The highest BCUT2D eigenvalue weighted by Crippen LogP contribution is 2.28. The maximum atomic E-state index is 13.4. The summed E-state index contributed by atoms with van der Waals surface area (Å²) in [5.41, 5.74) is -0.00552. The summed E-state index contributed by atoms with van der Waals surface area (Å²) in [6, 6.07) is 1.00. The summed E-state index contributed by atoms with van der Waals surface area (Å²) in [6.07, 6.45) is 1.71. The van der Waals surface area contributed by atoms with E-state index in [0.29, 0.717) is 6.42 Å². The number of nitrogens with zero attached hydrogens (tertiary/aromatic N) is 1. The van der Waals surface area contributed by atoms with Crippen LogP contribution in [0.3, 0.4) is 0 Å². The highest BCUT2D eigenvalue weighted by Gasteiger charge is 2.41. The van der Waals surface area contributed by atoms with E-state index in [2.05, 4.69) is 17.2 Å². The zero-order chi connectivity index (χ0) is 20.3. The maximum Gasteiger partial charge on any atom is 0.312 e. The van der Waals surface area contributed by atoms with Crippen LogP contribution in [-0.2, 0) is 14.4 Å². The number of nitrogens with one attached hydrogen (secondary N) is 2. The fourth-order valence-corrected chi connectivity index (χ4v) is 3.15. The molecule has 1 fully saturated rings. The molecular formula is C18H20ClF2N3O3. The van der Waals surface area contributed by atoms with Gasteiger partial charge in [-0.05, 0) is 26.3 Å². The third-order valence-corrected chi connectivity index (χ3v) is 4.43. The topological polar surface area (TPSA) is 78.5 Å². The van der Waals surface area contributed by atoms with E-state index >= 15 is 0 Å². The molecule has 3 amide bonds. The second-order valence-corrected chi connectivity index (χ2v) is 6.90. The molecule has 2 N–H and O–H groups in total. The van der Waals surface area contributed by atoms with Crippen LogP contribution in [0.25, 0.3) is 0 Å². The van der Waals surface area contributed by atoms with E-state index in [4.69, 9.17) is 11.6 Å². The smallest absolute Gasteiger partial charge is 0.312 e. The minimum Gasteiger partial charge on any atom is -0.346 e. The molecular weight excluding hydrogens is 380 g/mol. The van der Waals surface area contributed by atoms with Crippen LogP contribution >= 0.6 is 11.6 Å². The van der Waals surface area contributed by atoms with Crippen LogP contribution in [0.5, 0.6) is 0 Å². The van der Waals surface area contributed by atoms with Crippen LogP contribution in [0.2, 0.25) is 5.02 Å². The molecule has 0 bridgehead atoms. The first-order chi connectivity index (χ1) is 12.6. The Labute approximate surface area is 160 Å². The third kappa shape index (κ3) is 4.63. The average Bonchev–Trinajstić information content (AvgIpc) is 3.02. The van der Waals surface area contributed by atoms with Gasteiger partial charge in [-0.2, -0.15) is 0 Å². The van der Waals surface area contributed by atoms with Gasteiger partial charge in [0.2, 0.25) is 5.91 Å². The van der Waals surface area contributed by atoms with Crippen LogP contribution in [0, 0.1) is 17.6 Å². The molecule has 1 aromatic carbocycles. The standard InChI is InChI=1S/C18H20ClF2N3O3/c1-4-14-11(5-6-24(14)18(27)17(26)22-9(2)3)16(25)23-10-7-12(19)15(21)13(20)8-10/h4,7-9,11,14H,1,5-6H2,2-3H3,(H,22,26)(H,23,25). The lowest BCUT2D eigenvalue weighted by Crippen LogP contribution is -2.48. The van der Waals surface area contributed by atoms with Gasteiger partial charge in [0, 0.05) is 24.3 Å². The molecule has 0 aliphatic carbocycles. The molecule has 0 radical (unpaired) electrons. The molecule has 0 saturated carbocycles. The first-order valence-corrected chi connectivity index (χ1v) is 8.73. The second kappa shape index (κ2) is 8.47. The zero-order valence-corrected chi connectivity index (χ0v) is 15.6. The van der Waals surface area contributed by atoms with E-state index in [9.17, 15) is 23.2 Å². The molecule has 27 heavy (non-hydrogen) atoms. The van der Waals surface area contributed by atoms with Crippen molar-refractivity contribution in [3.63, 3.8) is 0 Å². The Morgan fingerprint density at radius 1 is 1.33 bits per heavy atom. The summed E-state index contributed by atoms with van der Waals surface area (Å²) >= 11 is 5.58. The van der Waals surface area contributed by atoms with Gasteiger partial charge in [-0.25, -0.2) is 8.78 Å². The van der Waals surface area contributed by atoms with Gasteiger partial charge in [-0.1, -0.05) is 17.7 Å². The maximum absolute atomic E-state index is 13.4. The van der Waals surface area contributed by atoms with Gasteiger partial charge in [0.25, 0.3) is 0 Å². The summed E-state index contributed by atoms with van der Waals surface area (Å²) in [6.45, 7) is 7.28. The molecule has 1 aliphatic heterocycles. The summed E-state index contributed by atoms with van der Waals surface area (Å²) in [5.74, 6) is -5.10. The van der Waals surface area contributed by atoms with Crippen LogP contribution in [0.1, 0.15) is 20.3 Å². The van der Waals surface area contributed by atoms with Crippen molar-refractivity contribution >= 4 is 35.0 Å². The molecule has 2 rings (SSSR count). The number of halogens is 3. The minimum absolute atomic E-state index is 0.00552. The van der Waals surface area contributed by atoms with Crippen LogP contribution in [-0.4, -0.2) is 41.2 Å². The molecule has 2 unspecified atom stereocenters. The van der Waals surface area contributed by atoms with E-state index in [0.717, 1.165) is 12.1 Å². The van der Waals surface area contributed by atoms with Crippen LogP contribution in [0.4, 0.5) is 14.5 Å². The highest BCUT2D eigenvalue weighted by atomic mass is 35.5. The molecule has 0 spiro atoms. The number of anilines is 1. The molecule has 6 nitrogen and oxygen atoms in total. The van der Waals surface area contributed by atoms with Crippen molar-refractivity contribution in [3.05, 3.63) is 41.4 Å². The molecule has 1 heterocycles. The molecule has 2 atom stereocenters. The van der Waals surface area contributed by atoms with E-state index in [1.165, 1.54) is 11.0 Å². The van der Waals surface area contributed by atoms with Crippen molar-refractivity contribution in [2.24, 2.45) is 5.92 Å². The second-order valence-electron chi connectivity index (χ2n) is 6.49. The Hall–Kier alpha value is -2.48. The number of carbonyl (C=O) groups is 3. The lowest BCUT2D eigenvalue weighted by Gasteiger charge is -2.25. The Kier molecular flexibility index (Phi) is 6.54. The monoisotopic (exact) mass is 399 g/mol. The van der Waals surface area contributed by atoms with Gasteiger partial charge in [0.15, 0.2) is 11.6 Å². The number of likely N-dealkylation sites (tertiary alicyclic amines) is 1. The molecule has 1 aromatic rings. The number of benzene rings is 1. The van der Waals surface area contributed by atoms with Crippen molar-refractivity contribution in [3.8, 4) is 0 Å². The normalized spacial score (nSPS) is 19.1. The van der Waals surface area contributed by atoms with Crippen molar-refractivity contribution in [2.75, 3.05) is 11.9 Å². The van der Waals surface area contributed by atoms with Crippen molar-refractivity contribution < 1.29 is 23.2 Å². The largest absolute Gasteiger partial charge is 0.346 e. The van der Waals surface area contributed by atoms with Gasteiger partial charge >= 0.3 is 11.8 Å². The molecule has 146 valence electrons. The predicted molar refractivity (Wildman–Crippen MR) is 97.1 cm³/mol.